The summed E-state index contributed by atoms with van der Waals surface area (Å²) in [4.78, 5) is 12.2. The molecule has 0 spiro atoms. The van der Waals surface area contributed by atoms with E-state index in [4.69, 9.17) is 11.6 Å². The summed E-state index contributed by atoms with van der Waals surface area (Å²) >= 11 is 5.66. The van der Waals surface area contributed by atoms with Gasteiger partial charge in [-0.25, -0.2) is 4.39 Å². The number of aryl methyl sites for hydroxylation is 1. The first kappa shape index (κ1) is 17.9. The predicted octanol–water partition coefficient (Wildman–Crippen LogP) is 6.09. The molecule has 2 aromatic carbocycles. The van der Waals surface area contributed by atoms with Crippen LogP contribution in [0.4, 0.5) is 10.1 Å². The minimum Gasteiger partial charge on any atom is -0.326 e. The van der Waals surface area contributed by atoms with Crippen molar-refractivity contribution in [1.82, 2.24) is 0 Å². The van der Waals surface area contributed by atoms with Crippen LogP contribution in [0.1, 0.15) is 49.1 Å². The minimum absolute atomic E-state index is 0.0549. The third-order valence-corrected chi connectivity index (χ3v) is 5.34. The van der Waals surface area contributed by atoms with Crippen molar-refractivity contribution in [1.29, 1.82) is 0 Å². The Kier molecular flexibility index (Phi) is 5.74. The molecule has 1 aliphatic carbocycles. The minimum atomic E-state index is -0.516. The van der Waals surface area contributed by atoms with Gasteiger partial charge >= 0.3 is 0 Å². The van der Waals surface area contributed by atoms with Crippen LogP contribution in [0.2, 0.25) is 5.02 Å². The van der Waals surface area contributed by atoms with Crippen molar-refractivity contribution in [2.75, 3.05) is 5.32 Å². The van der Waals surface area contributed by atoms with Crippen LogP contribution in [0, 0.1) is 18.7 Å². The van der Waals surface area contributed by atoms with Gasteiger partial charge in [0.1, 0.15) is 5.82 Å². The molecule has 1 saturated carbocycles. The molecule has 1 aliphatic rings. The average molecular weight is 360 g/mol. The van der Waals surface area contributed by atoms with Crippen LogP contribution in [-0.2, 0) is 4.79 Å². The lowest BCUT2D eigenvalue weighted by atomic mass is 9.77. The molecule has 0 radical (unpaired) electrons. The Balaban J connectivity index is 1.50. The van der Waals surface area contributed by atoms with E-state index in [2.05, 4.69) is 36.5 Å². The number of hydrogen-bond donors (Lipinski definition) is 1. The van der Waals surface area contributed by atoms with Crippen molar-refractivity contribution in [3.05, 3.63) is 64.4 Å². The van der Waals surface area contributed by atoms with Gasteiger partial charge in [0, 0.05) is 12.1 Å². The number of halogens is 2. The number of amides is 1. The van der Waals surface area contributed by atoms with Gasteiger partial charge < -0.3 is 5.32 Å². The largest absolute Gasteiger partial charge is 0.326 e. The molecule has 0 heterocycles. The number of carbonyl (C=O) groups is 1. The number of nitrogens with one attached hydrogen (secondary N) is 1. The van der Waals surface area contributed by atoms with Gasteiger partial charge in [0.25, 0.3) is 0 Å². The van der Waals surface area contributed by atoms with Crippen LogP contribution in [0.15, 0.2) is 42.5 Å². The van der Waals surface area contributed by atoms with E-state index in [1.54, 1.807) is 6.07 Å². The Morgan fingerprint density at radius 1 is 1.16 bits per heavy atom. The molecule has 0 saturated heterocycles. The zero-order valence-electron chi connectivity index (χ0n) is 14.4. The van der Waals surface area contributed by atoms with E-state index in [1.165, 1.54) is 23.3 Å². The van der Waals surface area contributed by atoms with Crippen LogP contribution >= 0.6 is 11.6 Å². The molecule has 1 fully saturated rings. The summed E-state index contributed by atoms with van der Waals surface area (Å²) < 4.78 is 13.4. The predicted molar refractivity (Wildman–Crippen MR) is 101 cm³/mol. The molecular weight excluding hydrogens is 337 g/mol. The van der Waals surface area contributed by atoms with Crippen LogP contribution < -0.4 is 5.32 Å². The maximum Gasteiger partial charge on any atom is 0.224 e. The van der Waals surface area contributed by atoms with Gasteiger partial charge in [-0.15, -0.1) is 0 Å². The van der Waals surface area contributed by atoms with Gasteiger partial charge in [-0.05, 0) is 68.2 Å². The van der Waals surface area contributed by atoms with Crippen LogP contribution in [0.25, 0.3) is 0 Å². The summed E-state index contributed by atoms with van der Waals surface area (Å²) in [5, 5.41) is 2.83. The van der Waals surface area contributed by atoms with E-state index in [1.807, 2.05) is 0 Å². The molecule has 0 bridgehead atoms. The monoisotopic (exact) mass is 359 g/mol. The number of hydrogen-bond acceptors (Lipinski definition) is 1. The molecule has 3 rings (SSSR count). The van der Waals surface area contributed by atoms with Gasteiger partial charge in [-0.3, -0.25) is 4.79 Å². The van der Waals surface area contributed by atoms with Gasteiger partial charge in [0.2, 0.25) is 5.91 Å². The Hall–Kier alpha value is -1.87. The topological polar surface area (TPSA) is 29.1 Å². The van der Waals surface area contributed by atoms with Crippen LogP contribution in [0.3, 0.4) is 0 Å². The average Bonchev–Trinajstić information content (AvgIpc) is 2.59. The summed E-state index contributed by atoms with van der Waals surface area (Å²) in [7, 11) is 0. The van der Waals surface area contributed by atoms with E-state index in [-0.39, 0.29) is 10.9 Å². The fraction of sp³-hybridized carbons (Fsp3) is 0.381. The zero-order valence-corrected chi connectivity index (χ0v) is 15.2. The second-order valence-corrected chi connectivity index (χ2v) is 7.42. The van der Waals surface area contributed by atoms with E-state index >= 15 is 0 Å². The summed E-state index contributed by atoms with van der Waals surface area (Å²) in [5.41, 5.74) is 3.18. The van der Waals surface area contributed by atoms with Gasteiger partial charge in [0.15, 0.2) is 0 Å². The number of benzene rings is 2. The summed E-state index contributed by atoms with van der Waals surface area (Å²) in [5.74, 6) is 0.432. The van der Waals surface area contributed by atoms with E-state index < -0.39 is 5.82 Å². The summed E-state index contributed by atoms with van der Waals surface area (Å²) in [6.07, 6.45) is 4.85. The molecule has 4 heteroatoms. The first-order valence-electron chi connectivity index (χ1n) is 8.82. The Morgan fingerprint density at radius 2 is 1.92 bits per heavy atom. The Labute approximate surface area is 153 Å². The van der Waals surface area contributed by atoms with Gasteiger partial charge in [-0.1, -0.05) is 41.4 Å². The van der Waals surface area contributed by atoms with Crippen molar-refractivity contribution in [3.8, 4) is 0 Å². The van der Waals surface area contributed by atoms with Crippen molar-refractivity contribution in [2.24, 2.45) is 5.92 Å². The highest BCUT2D eigenvalue weighted by molar-refractivity contribution is 6.30. The molecule has 0 aromatic heterocycles. The normalized spacial score (nSPS) is 20.3. The zero-order chi connectivity index (χ0) is 17.8. The summed E-state index contributed by atoms with van der Waals surface area (Å²) in [6.45, 7) is 2.12. The highest BCUT2D eigenvalue weighted by Crippen LogP contribution is 2.37. The van der Waals surface area contributed by atoms with E-state index in [0.717, 1.165) is 25.7 Å². The van der Waals surface area contributed by atoms with Crippen LogP contribution in [0.5, 0.6) is 0 Å². The van der Waals surface area contributed by atoms with Crippen LogP contribution in [-0.4, -0.2) is 5.91 Å². The maximum absolute atomic E-state index is 13.4. The SMILES string of the molecule is Cc1cccc(C2CCC(CC(=O)Nc3ccc(Cl)c(F)c3)CC2)c1. The third kappa shape index (κ3) is 4.82. The van der Waals surface area contributed by atoms with Crippen molar-refractivity contribution >= 4 is 23.2 Å². The lowest BCUT2D eigenvalue weighted by molar-refractivity contribution is -0.117. The number of rotatable bonds is 4. The second kappa shape index (κ2) is 8.01. The molecule has 0 atom stereocenters. The lowest BCUT2D eigenvalue weighted by Crippen LogP contribution is -2.20. The molecule has 1 amide bonds. The van der Waals surface area contributed by atoms with E-state index in [0.29, 0.717) is 23.9 Å². The first-order chi connectivity index (χ1) is 12.0. The molecule has 0 aliphatic heterocycles. The molecule has 132 valence electrons. The van der Waals surface area contributed by atoms with E-state index in [9.17, 15) is 9.18 Å². The standard InChI is InChI=1S/C21H23ClFNO/c1-14-3-2-4-17(11-14)16-7-5-15(6-8-16)12-21(25)24-18-9-10-19(22)20(23)13-18/h2-4,9-11,13,15-16H,5-8,12H2,1H3,(H,24,25). The molecule has 0 unspecified atom stereocenters. The van der Waals surface area contributed by atoms with Crippen molar-refractivity contribution in [3.63, 3.8) is 0 Å². The Morgan fingerprint density at radius 3 is 2.60 bits per heavy atom. The lowest BCUT2D eigenvalue weighted by Gasteiger charge is -2.28. The third-order valence-electron chi connectivity index (χ3n) is 5.04. The highest BCUT2D eigenvalue weighted by atomic mass is 35.5. The fourth-order valence-electron chi connectivity index (χ4n) is 3.67. The number of carbonyl (C=O) groups excluding carboxylic acids is 1. The molecule has 1 N–H and O–H groups in total. The van der Waals surface area contributed by atoms with Gasteiger partial charge in [0.05, 0.1) is 5.02 Å². The number of anilines is 1. The first-order valence-corrected chi connectivity index (χ1v) is 9.20. The summed E-state index contributed by atoms with van der Waals surface area (Å²) in [6, 6.07) is 13.1. The molecule has 2 nitrogen and oxygen atoms in total. The molecule has 25 heavy (non-hydrogen) atoms. The quantitative estimate of drug-likeness (QED) is 0.703. The Bertz CT molecular complexity index is 753. The maximum atomic E-state index is 13.4. The fourth-order valence-corrected chi connectivity index (χ4v) is 3.79. The van der Waals surface area contributed by atoms with Gasteiger partial charge in [-0.2, -0.15) is 0 Å². The second-order valence-electron chi connectivity index (χ2n) is 7.01. The molecular formula is C21H23ClFNO. The van der Waals surface area contributed by atoms with Crippen molar-refractivity contribution < 1.29 is 9.18 Å². The van der Waals surface area contributed by atoms with Crippen molar-refractivity contribution in [2.45, 2.75) is 44.9 Å². The molecule has 2 aromatic rings. The smallest absolute Gasteiger partial charge is 0.224 e. The highest BCUT2D eigenvalue weighted by Gasteiger charge is 2.24.